The highest BCUT2D eigenvalue weighted by atomic mass is 32.2. The Morgan fingerprint density at radius 2 is 1.77 bits per heavy atom. The van der Waals surface area contributed by atoms with E-state index in [1.807, 2.05) is 12.1 Å². The molecule has 4 heterocycles. The van der Waals surface area contributed by atoms with Crippen molar-refractivity contribution in [1.82, 2.24) is 19.2 Å². The minimum Gasteiger partial charge on any atom is -0.354 e. The molecule has 1 amide bonds. The van der Waals surface area contributed by atoms with Crippen LogP contribution in [0.1, 0.15) is 12.8 Å². The maximum absolute atomic E-state index is 12.7. The Hall–Kier alpha value is -2.56. The molecular weight excluding hydrogens is 416 g/mol. The summed E-state index contributed by atoms with van der Waals surface area (Å²) in [4.78, 5) is 25.8. The van der Waals surface area contributed by atoms with Crippen LogP contribution in [-0.4, -0.2) is 79.8 Å². The van der Waals surface area contributed by atoms with E-state index in [0.717, 1.165) is 32.0 Å². The van der Waals surface area contributed by atoms with Crippen LogP contribution < -0.4 is 10.2 Å². The molecule has 0 saturated carbocycles. The van der Waals surface area contributed by atoms with E-state index in [2.05, 4.69) is 32.1 Å². The number of likely N-dealkylation sites (N-methyl/N-ethyl adjacent to an activating group) is 1. The average Bonchev–Trinajstić information content (AvgIpc) is 2.81. The molecule has 10 heteroatoms. The van der Waals surface area contributed by atoms with Crippen molar-refractivity contribution >= 4 is 27.4 Å². The zero-order valence-corrected chi connectivity index (χ0v) is 18.5. The fourth-order valence-corrected chi connectivity index (χ4v) is 5.37. The summed E-state index contributed by atoms with van der Waals surface area (Å²) in [6.07, 6.45) is 5.55. The zero-order valence-electron chi connectivity index (χ0n) is 17.6. The number of rotatable bonds is 5. The summed E-state index contributed by atoms with van der Waals surface area (Å²) < 4.78 is 26.8. The predicted molar refractivity (Wildman–Crippen MR) is 118 cm³/mol. The van der Waals surface area contributed by atoms with Crippen molar-refractivity contribution in [1.29, 1.82) is 0 Å². The molecule has 2 fully saturated rings. The summed E-state index contributed by atoms with van der Waals surface area (Å²) in [5.41, 5.74) is 0.660. The van der Waals surface area contributed by atoms with Gasteiger partial charge in [0.2, 0.25) is 15.9 Å². The van der Waals surface area contributed by atoms with Gasteiger partial charge in [-0.15, -0.1) is 0 Å². The molecule has 2 aromatic rings. The third-order valence-electron chi connectivity index (χ3n) is 5.94. The van der Waals surface area contributed by atoms with Crippen molar-refractivity contribution in [3.05, 3.63) is 42.9 Å². The predicted octanol–water partition coefficient (Wildman–Crippen LogP) is 1.27. The number of piperidine rings is 1. The van der Waals surface area contributed by atoms with Crippen molar-refractivity contribution in [3.63, 3.8) is 0 Å². The summed E-state index contributed by atoms with van der Waals surface area (Å²) in [5, 5.41) is 2.93. The van der Waals surface area contributed by atoms with Crippen molar-refractivity contribution in [2.24, 2.45) is 5.92 Å². The summed E-state index contributed by atoms with van der Waals surface area (Å²) >= 11 is 0. The van der Waals surface area contributed by atoms with Gasteiger partial charge in [-0.2, -0.15) is 4.31 Å². The Kier molecular flexibility index (Phi) is 6.49. The fourth-order valence-electron chi connectivity index (χ4n) is 3.93. The largest absolute Gasteiger partial charge is 0.354 e. The second kappa shape index (κ2) is 9.29. The maximum atomic E-state index is 12.7. The van der Waals surface area contributed by atoms with E-state index >= 15 is 0 Å². The van der Waals surface area contributed by atoms with Crippen LogP contribution in [0.5, 0.6) is 0 Å². The molecule has 2 saturated heterocycles. The minimum absolute atomic E-state index is 0.0902. The van der Waals surface area contributed by atoms with Crippen molar-refractivity contribution < 1.29 is 13.2 Å². The molecule has 0 unspecified atom stereocenters. The number of nitrogens with zero attached hydrogens (tertiary/aromatic N) is 5. The number of amides is 1. The lowest BCUT2D eigenvalue weighted by atomic mass is 9.97. The van der Waals surface area contributed by atoms with Crippen LogP contribution in [0.4, 0.5) is 11.5 Å². The Morgan fingerprint density at radius 1 is 1.03 bits per heavy atom. The summed E-state index contributed by atoms with van der Waals surface area (Å²) in [6.45, 7) is 4.53. The molecule has 2 aliphatic rings. The second-order valence-corrected chi connectivity index (χ2v) is 9.99. The molecule has 0 aromatic carbocycles. The van der Waals surface area contributed by atoms with E-state index < -0.39 is 10.0 Å². The van der Waals surface area contributed by atoms with Gasteiger partial charge in [-0.05, 0) is 44.2 Å². The standard InChI is InChI=1S/C21H28N6O3S/c1-25-11-13-26(14-12-25)20-5-4-18(15-23-20)24-21(28)17-6-9-27(10-7-17)31(29,30)19-3-2-8-22-16-19/h2-5,8,15-17H,6-7,9-14H2,1H3,(H,24,28). The Bertz CT molecular complexity index is 984. The number of sulfonamides is 1. The van der Waals surface area contributed by atoms with Crippen LogP contribution in [0.2, 0.25) is 0 Å². The molecule has 1 N–H and O–H groups in total. The molecule has 0 aliphatic carbocycles. The van der Waals surface area contributed by atoms with Crippen LogP contribution in [0, 0.1) is 5.92 Å². The van der Waals surface area contributed by atoms with Crippen molar-refractivity contribution in [2.75, 3.05) is 56.5 Å². The highest BCUT2D eigenvalue weighted by Gasteiger charge is 2.32. The third-order valence-corrected chi connectivity index (χ3v) is 7.82. The molecular formula is C21H28N6O3S. The number of anilines is 2. The zero-order chi connectivity index (χ0) is 21.8. The number of hydrogen-bond acceptors (Lipinski definition) is 7. The van der Waals surface area contributed by atoms with Crippen LogP contribution in [-0.2, 0) is 14.8 Å². The molecule has 2 aromatic heterocycles. The van der Waals surface area contributed by atoms with Gasteiger partial charge in [0.15, 0.2) is 0 Å². The third kappa shape index (κ3) is 5.03. The minimum atomic E-state index is -3.57. The summed E-state index contributed by atoms with van der Waals surface area (Å²) in [6, 6.07) is 6.96. The van der Waals surface area contributed by atoms with E-state index in [0.29, 0.717) is 31.6 Å². The van der Waals surface area contributed by atoms with Crippen LogP contribution in [0.15, 0.2) is 47.8 Å². The lowest BCUT2D eigenvalue weighted by molar-refractivity contribution is -0.120. The molecule has 2 aliphatic heterocycles. The number of pyridine rings is 2. The van der Waals surface area contributed by atoms with Crippen molar-refractivity contribution in [3.8, 4) is 0 Å². The first-order chi connectivity index (χ1) is 14.9. The van der Waals surface area contributed by atoms with E-state index in [1.165, 1.54) is 10.5 Å². The van der Waals surface area contributed by atoms with Gasteiger partial charge in [0.1, 0.15) is 10.7 Å². The monoisotopic (exact) mass is 444 g/mol. The SMILES string of the molecule is CN1CCN(c2ccc(NC(=O)C3CCN(S(=O)(=O)c4cccnc4)CC3)cn2)CC1. The number of piperazine rings is 1. The number of carbonyl (C=O) groups is 1. The topological polar surface area (TPSA) is 98.7 Å². The number of carbonyl (C=O) groups excluding carboxylic acids is 1. The molecule has 0 spiro atoms. The summed E-state index contributed by atoms with van der Waals surface area (Å²) in [7, 11) is -1.45. The van der Waals surface area contributed by atoms with Crippen LogP contribution >= 0.6 is 0 Å². The normalized spacial score (nSPS) is 19.3. The quantitative estimate of drug-likeness (QED) is 0.741. The lowest BCUT2D eigenvalue weighted by Gasteiger charge is -2.33. The van der Waals surface area contributed by atoms with Gasteiger partial charge in [-0.1, -0.05) is 0 Å². The van der Waals surface area contributed by atoms with E-state index in [9.17, 15) is 13.2 Å². The maximum Gasteiger partial charge on any atom is 0.244 e. The Morgan fingerprint density at radius 3 is 2.39 bits per heavy atom. The molecule has 0 bridgehead atoms. The average molecular weight is 445 g/mol. The summed E-state index contributed by atoms with van der Waals surface area (Å²) in [5.74, 6) is 0.602. The number of hydrogen-bond donors (Lipinski definition) is 1. The van der Waals surface area contributed by atoms with Gasteiger partial charge in [0.05, 0.1) is 11.9 Å². The molecule has 9 nitrogen and oxygen atoms in total. The Balaban J connectivity index is 1.30. The highest BCUT2D eigenvalue weighted by Crippen LogP contribution is 2.25. The van der Waals surface area contributed by atoms with E-state index in [1.54, 1.807) is 24.5 Å². The van der Waals surface area contributed by atoms with Gasteiger partial charge >= 0.3 is 0 Å². The lowest BCUT2D eigenvalue weighted by Crippen LogP contribution is -2.44. The second-order valence-electron chi connectivity index (χ2n) is 8.05. The van der Waals surface area contributed by atoms with Crippen LogP contribution in [0.3, 0.4) is 0 Å². The Labute approximate surface area is 183 Å². The number of aromatic nitrogens is 2. The van der Waals surface area contributed by atoms with Gasteiger partial charge in [-0.3, -0.25) is 9.78 Å². The first-order valence-corrected chi connectivity index (χ1v) is 12.0. The van der Waals surface area contributed by atoms with E-state index in [4.69, 9.17) is 0 Å². The molecule has 4 rings (SSSR count). The molecule has 166 valence electrons. The smallest absolute Gasteiger partial charge is 0.244 e. The fraction of sp³-hybridized carbons (Fsp3) is 0.476. The van der Waals surface area contributed by atoms with E-state index in [-0.39, 0.29) is 16.7 Å². The van der Waals surface area contributed by atoms with Crippen molar-refractivity contribution in [2.45, 2.75) is 17.7 Å². The van der Waals surface area contributed by atoms with Gasteiger partial charge in [0.25, 0.3) is 0 Å². The van der Waals surface area contributed by atoms with Gasteiger partial charge in [0, 0.05) is 57.6 Å². The molecule has 0 atom stereocenters. The van der Waals surface area contributed by atoms with Gasteiger partial charge in [-0.25, -0.2) is 13.4 Å². The molecule has 31 heavy (non-hydrogen) atoms. The van der Waals surface area contributed by atoms with Crippen LogP contribution in [0.25, 0.3) is 0 Å². The highest BCUT2D eigenvalue weighted by molar-refractivity contribution is 7.89. The van der Waals surface area contributed by atoms with Gasteiger partial charge < -0.3 is 15.1 Å². The number of nitrogens with one attached hydrogen (secondary N) is 1. The first-order valence-electron chi connectivity index (χ1n) is 10.5. The first kappa shape index (κ1) is 21.7. The molecule has 0 radical (unpaired) electrons.